The number of carbonyl (C=O) groups excluding carboxylic acids is 1. The number of halogens is 1. The largest absolute Gasteiger partial charge is 0.339 e. The predicted octanol–water partition coefficient (Wildman–Crippen LogP) is 4.81. The summed E-state index contributed by atoms with van der Waals surface area (Å²) in [6.07, 6.45) is 0. The predicted molar refractivity (Wildman–Crippen MR) is 92.6 cm³/mol. The molecule has 0 aromatic heterocycles. The molecule has 3 heteroatoms. The Balaban J connectivity index is 2.17. The fourth-order valence-electron chi connectivity index (χ4n) is 2.42. The van der Waals surface area contributed by atoms with E-state index in [2.05, 4.69) is 19.1 Å². The average molecular weight is 316 g/mol. The first kappa shape index (κ1) is 16.6. The standard InChI is InChI=1S/C19H22ClNO/c1-4-21(5-2)19(22)17-12-10-16(11-13-17)18(20)15-8-6-14(3)7-9-15/h6-13,18H,4-5H2,1-3H3. The van der Waals surface area contributed by atoms with E-state index < -0.39 is 0 Å². The third-order valence-electron chi connectivity index (χ3n) is 3.87. The topological polar surface area (TPSA) is 20.3 Å². The lowest BCUT2D eigenvalue weighted by Gasteiger charge is -2.19. The minimum atomic E-state index is -0.196. The van der Waals surface area contributed by atoms with Crippen molar-refractivity contribution in [1.82, 2.24) is 4.90 Å². The number of rotatable bonds is 5. The summed E-state index contributed by atoms with van der Waals surface area (Å²) >= 11 is 6.54. The van der Waals surface area contributed by atoms with Gasteiger partial charge in [-0.3, -0.25) is 4.79 Å². The van der Waals surface area contributed by atoms with Crippen LogP contribution in [0.25, 0.3) is 0 Å². The highest BCUT2D eigenvalue weighted by molar-refractivity contribution is 6.22. The molecule has 0 fully saturated rings. The molecule has 116 valence electrons. The van der Waals surface area contributed by atoms with E-state index in [4.69, 9.17) is 11.6 Å². The summed E-state index contributed by atoms with van der Waals surface area (Å²) in [5, 5.41) is -0.196. The maximum atomic E-state index is 12.3. The maximum Gasteiger partial charge on any atom is 0.253 e. The highest BCUT2D eigenvalue weighted by Crippen LogP contribution is 2.29. The van der Waals surface area contributed by atoms with E-state index in [0.29, 0.717) is 5.56 Å². The Labute approximate surface area is 137 Å². The van der Waals surface area contributed by atoms with Gasteiger partial charge in [0, 0.05) is 18.7 Å². The van der Waals surface area contributed by atoms with Gasteiger partial charge in [-0.05, 0) is 44.0 Å². The molecule has 1 atom stereocenters. The zero-order valence-corrected chi connectivity index (χ0v) is 14.1. The number of hydrogen-bond donors (Lipinski definition) is 0. The lowest BCUT2D eigenvalue weighted by Crippen LogP contribution is -2.30. The number of nitrogens with zero attached hydrogens (tertiary/aromatic N) is 1. The van der Waals surface area contributed by atoms with Gasteiger partial charge in [0.1, 0.15) is 0 Å². The van der Waals surface area contributed by atoms with Crippen molar-refractivity contribution in [2.24, 2.45) is 0 Å². The van der Waals surface area contributed by atoms with Gasteiger partial charge in [-0.25, -0.2) is 0 Å². The first-order chi connectivity index (χ1) is 10.6. The van der Waals surface area contributed by atoms with Crippen LogP contribution in [0.15, 0.2) is 48.5 Å². The van der Waals surface area contributed by atoms with Crippen LogP contribution in [0.2, 0.25) is 0 Å². The van der Waals surface area contributed by atoms with Crippen LogP contribution in [0.1, 0.15) is 46.3 Å². The summed E-state index contributed by atoms with van der Waals surface area (Å²) in [5.41, 5.74) is 3.99. The molecule has 2 nitrogen and oxygen atoms in total. The van der Waals surface area contributed by atoms with E-state index >= 15 is 0 Å². The minimum absolute atomic E-state index is 0.0676. The molecule has 0 aliphatic heterocycles. The third-order valence-corrected chi connectivity index (χ3v) is 4.37. The summed E-state index contributed by atoms with van der Waals surface area (Å²) in [4.78, 5) is 14.1. The molecule has 1 unspecified atom stereocenters. The van der Waals surface area contributed by atoms with E-state index in [1.165, 1.54) is 5.56 Å². The Hall–Kier alpha value is -1.80. The molecule has 0 aliphatic rings. The third kappa shape index (κ3) is 3.69. The lowest BCUT2D eigenvalue weighted by atomic mass is 10.0. The molecule has 0 saturated carbocycles. The van der Waals surface area contributed by atoms with Gasteiger partial charge < -0.3 is 4.90 Å². The summed E-state index contributed by atoms with van der Waals surface area (Å²) in [6.45, 7) is 7.47. The molecule has 0 saturated heterocycles. The molecule has 0 N–H and O–H groups in total. The van der Waals surface area contributed by atoms with E-state index in [9.17, 15) is 4.79 Å². The van der Waals surface area contributed by atoms with Crippen LogP contribution in [-0.2, 0) is 0 Å². The minimum Gasteiger partial charge on any atom is -0.339 e. The van der Waals surface area contributed by atoms with Crippen LogP contribution in [0.4, 0.5) is 0 Å². The van der Waals surface area contributed by atoms with Crippen molar-refractivity contribution in [1.29, 1.82) is 0 Å². The summed E-state index contributed by atoms with van der Waals surface area (Å²) < 4.78 is 0. The Morgan fingerprint density at radius 3 is 1.86 bits per heavy atom. The number of amides is 1. The van der Waals surface area contributed by atoms with Gasteiger partial charge in [0.2, 0.25) is 0 Å². The van der Waals surface area contributed by atoms with E-state index in [1.807, 2.05) is 55.1 Å². The van der Waals surface area contributed by atoms with Crippen molar-refractivity contribution in [3.05, 3.63) is 70.8 Å². The highest BCUT2D eigenvalue weighted by atomic mass is 35.5. The van der Waals surface area contributed by atoms with Crippen LogP contribution >= 0.6 is 11.6 Å². The monoisotopic (exact) mass is 315 g/mol. The molecule has 2 aromatic carbocycles. The molecule has 0 bridgehead atoms. The van der Waals surface area contributed by atoms with Crippen LogP contribution in [0.5, 0.6) is 0 Å². The van der Waals surface area contributed by atoms with Gasteiger partial charge in [0.25, 0.3) is 5.91 Å². The molecule has 0 aliphatic carbocycles. The van der Waals surface area contributed by atoms with Gasteiger partial charge >= 0.3 is 0 Å². The normalized spacial score (nSPS) is 12.0. The van der Waals surface area contributed by atoms with Crippen LogP contribution < -0.4 is 0 Å². The molecule has 0 heterocycles. The van der Waals surface area contributed by atoms with Crippen LogP contribution in [0, 0.1) is 6.92 Å². The van der Waals surface area contributed by atoms with Gasteiger partial charge in [0.15, 0.2) is 0 Å². The fraction of sp³-hybridized carbons (Fsp3) is 0.316. The van der Waals surface area contributed by atoms with Crippen molar-refractivity contribution in [2.75, 3.05) is 13.1 Å². The Bertz CT molecular complexity index is 615. The molecule has 2 rings (SSSR count). The van der Waals surface area contributed by atoms with Gasteiger partial charge in [-0.2, -0.15) is 0 Å². The zero-order chi connectivity index (χ0) is 16.1. The molecular formula is C19H22ClNO. The number of benzene rings is 2. The van der Waals surface area contributed by atoms with Crippen molar-refractivity contribution in [3.8, 4) is 0 Å². The maximum absolute atomic E-state index is 12.3. The van der Waals surface area contributed by atoms with E-state index in [1.54, 1.807) is 0 Å². The van der Waals surface area contributed by atoms with Gasteiger partial charge in [0.05, 0.1) is 5.38 Å². The van der Waals surface area contributed by atoms with E-state index in [-0.39, 0.29) is 11.3 Å². The summed E-state index contributed by atoms with van der Waals surface area (Å²) in [6, 6.07) is 15.8. The molecule has 2 aromatic rings. The molecular weight excluding hydrogens is 294 g/mol. The first-order valence-corrected chi connectivity index (χ1v) is 8.10. The van der Waals surface area contributed by atoms with E-state index in [0.717, 1.165) is 24.2 Å². The molecule has 22 heavy (non-hydrogen) atoms. The Kier molecular flexibility index (Phi) is 5.62. The number of carbonyl (C=O) groups is 1. The lowest BCUT2D eigenvalue weighted by molar-refractivity contribution is 0.0773. The van der Waals surface area contributed by atoms with Gasteiger partial charge in [-0.15, -0.1) is 11.6 Å². The first-order valence-electron chi connectivity index (χ1n) is 7.66. The van der Waals surface area contributed by atoms with Crippen molar-refractivity contribution in [3.63, 3.8) is 0 Å². The molecule has 0 spiro atoms. The summed E-state index contributed by atoms with van der Waals surface area (Å²) in [5.74, 6) is 0.0676. The van der Waals surface area contributed by atoms with Gasteiger partial charge in [-0.1, -0.05) is 42.0 Å². The quantitative estimate of drug-likeness (QED) is 0.725. The highest BCUT2D eigenvalue weighted by Gasteiger charge is 2.14. The molecule has 1 amide bonds. The second-order valence-corrected chi connectivity index (χ2v) is 5.81. The van der Waals surface area contributed by atoms with Crippen LogP contribution in [0.3, 0.4) is 0 Å². The number of alkyl halides is 1. The second-order valence-electron chi connectivity index (χ2n) is 5.37. The smallest absolute Gasteiger partial charge is 0.253 e. The summed E-state index contributed by atoms with van der Waals surface area (Å²) in [7, 11) is 0. The van der Waals surface area contributed by atoms with Crippen molar-refractivity contribution in [2.45, 2.75) is 26.1 Å². The number of aryl methyl sites for hydroxylation is 1. The zero-order valence-electron chi connectivity index (χ0n) is 13.3. The molecule has 0 radical (unpaired) electrons. The Morgan fingerprint density at radius 2 is 1.41 bits per heavy atom. The number of hydrogen-bond acceptors (Lipinski definition) is 1. The van der Waals surface area contributed by atoms with Crippen molar-refractivity contribution < 1.29 is 4.79 Å². The van der Waals surface area contributed by atoms with Crippen molar-refractivity contribution >= 4 is 17.5 Å². The Morgan fingerprint density at radius 1 is 0.955 bits per heavy atom. The fourth-order valence-corrected chi connectivity index (χ4v) is 2.71. The average Bonchev–Trinajstić information content (AvgIpc) is 2.56. The SMILES string of the molecule is CCN(CC)C(=O)c1ccc(C(Cl)c2ccc(C)cc2)cc1. The second kappa shape index (κ2) is 7.46. The van der Waals surface area contributed by atoms with Crippen LogP contribution in [-0.4, -0.2) is 23.9 Å².